The Morgan fingerprint density at radius 2 is 2.05 bits per heavy atom. The Balaban J connectivity index is 1.70. The summed E-state index contributed by atoms with van der Waals surface area (Å²) in [5.74, 6) is 0.613. The number of aromatic nitrogens is 1. The van der Waals surface area contributed by atoms with Crippen molar-refractivity contribution in [2.75, 3.05) is 13.1 Å². The largest absolute Gasteiger partial charge is 0.444 e. The number of hydrogen-bond donors (Lipinski definition) is 0. The summed E-state index contributed by atoms with van der Waals surface area (Å²) < 4.78 is 11.3. The maximum absolute atomic E-state index is 6.00. The van der Waals surface area contributed by atoms with Gasteiger partial charge >= 0.3 is 0 Å². The van der Waals surface area contributed by atoms with E-state index < -0.39 is 0 Å². The highest BCUT2D eigenvalue weighted by atomic mass is 35.5. The van der Waals surface area contributed by atoms with Crippen LogP contribution < -0.4 is 0 Å². The van der Waals surface area contributed by atoms with E-state index in [1.807, 2.05) is 24.3 Å². The van der Waals surface area contributed by atoms with Gasteiger partial charge < -0.3 is 9.15 Å². The number of hydrogen-bond acceptors (Lipinski definition) is 4. The molecule has 0 radical (unpaired) electrons. The van der Waals surface area contributed by atoms with Crippen molar-refractivity contribution in [3.63, 3.8) is 0 Å². The van der Waals surface area contributed by atoms with Crippen molar-refractivity contribution in [1.82, 2.24) is 9.88 Å². The predicted molar refractivity (Wildman–Crippen MR) is 82.2 cm³/mol. The van der Waals surface area contributed by atoms with Crippen LogP contribution in [0.25, 0.3) is 11.5 Å². The molecule has 2 atom stereocenters. The zero-order valence-electron chi connectivity index (χ0n) is 12.3. The van der Waals surface area contributed by atoms with Crippen molar-refractivity contribution < 1.29 is 9.15 Å². The van der Waals surface area contributed by atoms with E-state index in [4.69, 9.17) is 20.8 Å². The van der Waals surface area contributed by atoms with Crippen molar-refractivity contribution >= 4 is 11.6 Å². The fraction of sp³-hybridized carbons (Fsp3) is 0.438. The second-order valence-corrected chi connectivity index (χ2v) is 6.04. The second kappa shape index (κ2) is 6.18. The van der Waals surface area contributed by atoms with Gasteiger partial charge in [-0.15, -0.1) is 0 Å². The van der Waals surface area contributed by atoms with Gasteiger partial charge in [-0.05, 0) is 32.0 Å². The summed E-state index contributed by atoms with van der Waals surface area (Å²) in [5, 5.41) is 0.683. The van der Waals surface area contributed by atoms with Gasteiger partial charge in [0, 0.05) is 30.2 Å². The van der Waals surface area contributed by atoms with Gasteiger partial charge in [0.15, 0.2) is 0 Å². The number of rotatable bonds is 3. The van der Waals surface area contributed by atoms with Gasteiger partial charge in [0.05, 0.1) is 17.9 Å². The van der Waals surface area contributed by atoms with Gasteiger partial charge in [-0.2, -0.15) is 0 Å². The first kappa shape index (κ1) is 14.6. The minimum absolute atomic E-state index is 0.257. The smallest absolute Gasteiger partial charge is 0.226 e. The molecule has 112 valence electrons. The molecule has 0 saturated carbocycles. The van der Waals surface area contributed by atoms with Crippen molar-refractivity contribution in [2.24, 2.45) is 0 Å². The lowest BCUT2D eigenvalue weighted by Crippen LogP contribution is -2.44. The Hall–Kier alpha value is -1.36. The molecule has 5 heteroatoms. The number of oxazole rings is 1. The van der Waals surface area contributed by atoms with E-state index >= 15 is 0 Å². The highest BCUT2D eigenvalue weighted by Crippen LogP contribution is 2.23. The molecule has 1 aliphatic rings. The molecule has 4 nitrogen and oxygen atoms in total. The second-order valence-electron chi connectivity index (χ2n) is 5.61. The molecule has 0 aliphatic carbocycles. The quantitative estimate of drug-likeness (QED) is 0.868. The van der Waals surface area contributed by atoms with E-state index in [0.29, 0.717) is 10.9 Å². The highest BCUT2D eigenvalue weighted by molar-refractivity contribution is 6.30. The topological polar surface area (TPSA) is 38.5 Å². The molecule has 1 saturated heterocycles. The lowest BCUT2D eigenvalue weighted by Gasteiger charge is -2.34. The summed E-state index contributed by atoms with van der Waals surface area (Å²) in [6.07, 6.45) is 2.24. The normalized spacial score (nSPS) is 23.4. The first-order valence-electron chi connectivity index (χ1n) is 7.18. The number of nitrogens with zero attached hydrogens (tertiary/aromatic N) is 2. The van der Waals surface area contributed by atoms with Crippen LogP contribution in [0, 0.1) is 0 Å². The first-order valence-corrected chi connectivity index (χ1v) is 7.56. The van der Waals surface area contributed by atoms with Crippen LogP contribution in [0.1, 0.15) is 19.5 Å². The molecule has 2 heterocycles. The van der Waals surface area contributed by atoms with Crippen molar-refractivity contribution in [2.45, 2.75) is 32.6 Å². The lowest BCUT2D eigenvalue weighted by molar-refractivity contribution is -0.0707. The molecule has 0 unspecified atom stereocenters. The van der Waals surface area contributed by atoms with Crippen molar-refractivity contribution in [3.8, 4) is 11.5 Å². The van der Waals surface area contributed by atoms with E-state index in [9.17, 15) is 0 Å². The molecule has 0 N–H and O–H groups in total. The Bertz CT molecular complexity index is 604. The average Bonchev–Trinajstić information content (AvgIpc) is 2.86. The minimum Gasteiger partial charge on any atom is -0.444 e. The first-order chi connectivity index (χ1) is 10.1. The molecular weight excluding hydrogens is 288 g/mol. The van der Waals surface area contributed by atoms with E-state index in [0.717, 1.165) is 30.9 Å². The summed E-state index contributed by atoms with van der Waals surface area (Å²) in [4.78, 5) is 6.90. The highest BCUT2D eigenvalue weighted by Gasteiger charge is 2.23. The van der Waals surface area contributed by atoms with Crippen LogP contribution in [0.2, 0.25) is 5.02 Å². The summed E-state index contributed by atoms with van der Waals surface area (Å²) in [6.45, 7) is 6.82. The van der Waals surface area contributed by atoms with Gasteiger partial charge in [-0.3, -0.25) is 4.90 Å². The Labute approximate surface area is 129 Å². The Morgan fingerprint density at radius 1 is 1.29 bits per heavy atom. The van der Waals surface area contributed by atoms with E-state index in [2.05, 4.69) is 23.7 Å². The Morgan fingerprint density at radius 3 is 2.76 bits per heavy atom. The molecule has 1 fully saturated rings. The number of halogens is 1. The van der Waals surface area contributed by atoms with Crippen LogP contribution in [-0.4, -0.2) is 35.2 Å². The average molecular weight is 307 g/mol. The molecule has 2 aromatic rings. The van der Waals surface area contributed by atoms with Crippen molar-refractivity contribution in [1.29, 1.82) is 0 Å². The van der Waals surface area contributed by atoms with Crippen LogP contribution >= 0.6 is 11.6 Å². The molecule has 21 heavy (non-hydrogen) atoms. The third kappa shape index (κ3) is 3.64. The van der Waals surface area contributed by atoms with Gasteiger partial charge in [0.1, 0.15) is 6.26 Å². The fourth-order valence-corrected chi connectivity index (χ4v) is 2.97. The summed E-state index contributed by atoms with van der Waals surface area (Å²) in [7, 11) is 0. The zero-order chi connectivity index (χ0) is 14.8. The van der Waals surface area contributed by atoms with E-state index in [1.54, 1.807) is 6.26 Å². The molecule has 0 spiro atoms. The number of ether oxygens (including phenoxy) is 1. The maximum atomic E-state index is 6.00. The standard InChI is InChI=1S/C16H19ClN2O2/c1-11-7-19(8-12(2)21-11)9-15-10-20-16(18-15)13-4-3-5-14(17)6-13/h3-6,10-12H,7-9H2,1-2H3/t11-,12-/m1/s1. The van der Waals surface area contributed by atoms with Gasteiger partial charge in [-0.1, -0.05) is 17.7 Å². The SMILES string of the molecule is C[C@@H]1CN(Cc2coc(-c3cccc(Cl)c3)n2)C[C@@H](C)O1. The van der Waals surface area contributed by atoms with Crippen LogP contribution in [0.15, 0.2) is 34.9 Å². The van der Waals surface area contributed by atoms with Crippen LogP contribution in [-0.2, 0) is 11.3 Å². The predicted octanol–water partition coefficient (Wildman–Crippen LogP) is 3.60. The minimum atomic E-state index is 0.257. The van der Waals surface area contributed by atoms with Crippen LogP contribution in [0.3, 0.4) is 0 Å². The molecule has 3 rings (SSSR count). The Kier molecular flexibility index (Phi) is 4.29. The van der Waals surface area contributed by atoms with Crippen molar-refractivity contribution in [3.05, 3.63) is 41.2 Å². The third-order valence-corrected chi connectivity index (χ3v) is 3.74. The fourth-order valence-electron chi connectivity index (χ4n) is 2.78. The monoisotopic (exact) mass is 306 g/mol. The summed E-state index contributed by atoms with van der Waals surface area (Å²) >= 11 is 6.00. The molecule has 0 bridgehead atoms. The van der Waals surface area contributed by atoms with Gasteiger partial charge in [-0.25, -0.2) is 4.98 Å². The van der Waals surface area contributed by atoms with E-state index in [-0.39, 0.29) is 12.2 Å². The molecular formula is C16H19ClN2O2. The van der Waals surface area contributed by atoms with Crippen LogP contribution in [0.5, 0.6) is 0 Å². The third-order valence-electron chi connectivity index (χ3n) is 3.50. The summed E-state index contributed by atoms with van der Waals surface area (Å²) in [6, 6.07) is 7.54. The molecule has 0 amide bonds. The zero-order valence-corrected chi connectivity index (χ0v) is 13.0. The lowest BCUT2D eigenvalue weighted by atomic mass is 10.2. The molecule has 1 aromatic heterocycles. The van der Waals surface area contributed by atoms with Crippen LogP contribution in [0.4, 0.5) is 0 Å². The van der Waals surface area contributed by atoms with Gasteiger partial charge in [0.2, 0.25) is 5.89 Å². The molecule has 1 aromatic carbocycles. The van der Waals surface area contributed by atoms with E-state index in [1.165, 1.54) is 0 Å². The molecule has 1 aliphatic heterocycles. The summed E-state index contributed by atoms with van der Waals surface area (Å²) in [5.41, 5.74) is 1.84. The maximum Gasteiger partial charge on any atom is 0.226 e. The number of benzene rings is 1. The number of morpholine rings is 1. The van der Waals surface area contributed by atoms with Gasteiger partial charge in [0.25, 0.3) is 0 Å².